The summed E-state index contributed by atoms with van der Waals surface area (Å²) in [6, 6.07) is 20.5. The van der Waals surface area contributed by atoms with E-state index in [1.807, 2.05) is 55.5 Å². The molecule has 3 rings (SSSR count). The van der Waals surface area contributed by atoms with Gasteiger partial charge in [-0.3, -0.25) is 4.79 Å². The van der Waals surface area contributed by atoms with Gasteiger partial charge in [0, 0.05) is 5.92 Å². The fourth-order valence-electron chi connectivity index (χ4n) is 2.70. The third-order valence-electron chi connectivity index (χ3n) is 4.01. The van der Waals surface area contributed by atoms with E-state index in [9.17, 15) is 4.79 Å². The van der Waals surface area contributed by atoms with Gasteiger partial charge < -0.3 is 5.32 Å². The molecule has 0 saturated heterocycles. The Morgan fingerprint density at radius 3 is 2.30 bits per heavy atom. The van der Waals surface area contributed by atoms with Gasteiger partial charge in [0.1, 0.15) is 0 Å². The number of nitrogens with one attached hydrogen (secondary N) is 1. The van der Waals surface area contributed by atoms with Gasteiger partial charge in [-0.15, -0.1) is 0 Å². The van der Waals surface area contributed by atoms with Gasteiger partial charge in [-0.1, -0.05) is 60.7 Å². The van der Waals surface area contributed by atoms with Crippen molar-refractivity contribution in [1.29, 1.82) is 0 Å². The summed E-state index contributed by atoms with van der Waals surface area (Å²) in [6.07, 6.45) is 0.970. The minimum absolute atomic E-state index is 0.0701. The number of hydrogen-bond acceptors (Lipinski definition) is 1. The fraction of sp³-hybridized carbons (Fsp3) is 0.278. The van der Waals surface area contributed by atoms with Crippen molar-refractivity contribution in [2.24, 2.45) is 5.92 Å². The van der Waals surface area contributed by atoms with E-state index in [1.54, 1.807) is 0 Å². The van der Waals surface area contributed by atoms with Crippen molar-refractivity contribution >= 4 is 5.91 Å². The van der Waals surface area contributed by atoms with Crippen LogP contribution in [0.25, 0.3) is 0 Å². The van der Waals surface area contributed by atoms with Crippen LogP contribution in [0.2, 0.25) is 0 Å². The molecule has 2 nitrogen and oxygen atoms in total. The molecule has 0 heterocycles. The van der Waals surface area contributed by atoms with Gasteiger partial charge in [0.05, 0.1) is 6.04 Å². The highest BCUT2D eigenvalue weighted by Crippen LogP contribution is 2.47. The minimum atomic E-state index is 0.0701. The standard InChI is InChI=1S/C18H19NO/c1-13(14-8-4-2-5-9-14)19-18(20)17-12-16(17)15-10-6-3-7-11-15/h2-11,13,16-17H,12H2,1H3,(H,19,20). The summed E-state index contributed by atoms with van der Waals surface area (Å²) in [4.78, 5) is 12.3. The van der Waals surface area contributed by atoms with E-state index in [0.29, 0.717) is 5.92 Å². The second-order valence-corrected chi connectivity index (χ2v) is 5.50. The normalized spacial score (nSPS) is 22.1. The molecule has 1 N–H and O–H groups in total. The minimum Gasteiger partial charge on any atom is -0.349 e. The Kier molecular flexibility index (Phi) is 3.55. The SMILES string of the molecule is CC(NC(=O)C1CC1c1ccccc1)c1ccccc1. The maximum absolute atomic E-state index is 12.3. The Hall–Kier alpha value is -2.09. The second-order valence-electron chi connectivity index (χ2n) is 5.50. The molecule has 1 aliphatic carbocycles. The monoisotopic (exact) mass is 265 g/mol. The molecule has 102 valence electrons. The number of carbonyl (C=O) groups excluding carboxylic acids is 1. The Bertz CT molecular complexity index is 579. The van der Waals surface area contributed by atoms with Crippen LogP contribution in [-0.2, 0) is 4.79 Å². The quantitative estimate of drug-likeness (QED) is 0.898. The lowest BCUT2D eigenvalue weighted by molar-refractivity contribution is -0.123. The van der Waals surface area contributed by atoms with Crippen molar-refractivity contribution in [2.75, 3.05) is 0 Å². The first-order valence-corrected chi connectivity index (χ1v) is 7.16. The average Bonchev–Trinajstić information content (AvgIpc) is 3.29. The molecule has 20 heavy (non-hydrogen) atoms. The van der Waals surface area contributed by atoms with Crippen molar-refractivity contribution in [3.63, 3.8) is 0 Å². The van der Waals surface area contributed by atoms with Crippen molar-refractivity contribution in [3.05, 3.63) is 71.8 Å². The largest absolute Gasteiger partial charge is 0.349 e. The van der Waals surface area contributed by atoms with Gasteiger partial charge >= 0.3 is 0 Å². The van der Waals surface area contributed by atoms with Crippen LogP contribution < -0.4 is 5.32 Å². The molecule has 2 aromatic carbocycles. The van der Waals surface area contributed by atoms with Gasteiger partial charge in [0.25, 0.3) is 0 Å². The molecule has 0 radical (unpaired) electrons. The zero-order valence-electron chi connectivity index (χ0n) is 11.6. The van der Waals surface area contributed by atoms with Crippen LogP contribution in [0.15, 0.2) is 60.7 Å². The number of carbonyl (C=O) groups is 1. The van der Waals surface area contributed by atoms with Crippen LogP contribution in [0.1, 0.15) is 36.4 Å². The summed E-state index contributed by atoms with van der Waals surface area (Å²) in [6.45, 7) is 2.03. The van der Waals surface area contributed by atoms with Gasteiger partial charge in [0.15, 0.2) is 0 Å². The molecular weight excluding hydrogens is 246 g/mol. The summed E-state index contributed by atoms with van der Waals surface area (Å²) in [5.41, 5.74) is 2.43. The zero-order valence-corrected chi connectivity index (χ0v) is 11.6. The first kappa shape index (κ1) is 12.9. The summed E-state index contributed by atoms with van der Waals surface area (Å²) >= 11 is 0. The lowest BCUT2D eigenvalue weighted by Gasteiger charge is -2.14. The van der Waals surface area contributed by atoms with E-state index >= 15 is 0 Å². The van der Waals surface area contributed by atoms with E-state index in [-0.39, 0.29) is 17.9 Å². The van der Waals surface area contributed by atoms with Crippen molar-refractivity contribution < 1.29 is 4.79 Å². The molecule has 0 bridgehead atoms. The summed E-state index contributed by atoms with van der Waals surface area (Å²) in [7, 11) is 0. The van der Waals surface area contributed by atoms with Crippen molar-refractivity contribution in [2.45, 2.75) is 25.3 Å². The van der Waals surface area contributed by atoms with Gasteiger partial charge in [-0.05, 0) is 30.4 Å². The predicted octanol–water partition coefficient (Wildman–Crippen LogP) is 3.67. The highest BCUT2D eigenvalue weighted by molar-refractivity contribution is 5.83. The molecule has 1 amide bonds. The molecule has 3 atom stereocenters. The van der Waals surface area contributed by atoms with Crippen LogP contribution in [0, 0.1) is 5.92 Å². The van der Waals surface area contributed by atoms with E-state index < -0.39 is 0 Å². The van der Waals surface area contributed by atoms with Crippen LogP contribution in [-0.4, -0.2) is 5.91 Å². The molecule has 0 spiro atoms. The zero-order chi connectivity index (χ0) is 13.9. The van der Waals surface area contributed by atoms with Crippen LogP contribution >= 0.6 is 0 Å². The lowest BCUT2D eigenvalue weighted by atomic mass is 10.1. The van der Waals surface area contributed by atoms with Gasteiger partial charge in [0.2, 0.25) is 5.91 Å². The highest BCUT2D eigenvalue weighted by atomic mass is 16.2. The Labute approximate surface area is 119 Å². The molecule has 2 heteroatoms. The van der Waals surface area contributed by atoms with Gasteiger partial charge in [-0.25, -0.2) is 0 Å². The molecular formula is C18H19NO. The first-order chi connectivity index (χ1) is 9.75. The average molecular weight is 265 g/mol. The smallest absolute Gasteiger partial charge is 0.224 e. The van der Waals surface area contributed by atoms with E-state index in [2.05, 4.69) is 17.4 Å². The Morgan fingerprint density at radius 2 is 1.65 bits per heavy atom. The predicted molar refractivity (Wildman–Crippen MR) is 80.3 cm³/mol. The Balaban J connectivity index is 1.59. The molecule has 1 aliphatic rings. The lowest BCUT2D eigenvalue weighted by Crippen LogP contribution is -2.28. The van der Waals surface area contributed by atoms with Crippen molar-refractivity contribution in [3.8, 4) is 0 Å². The fourth-order valence-corrected chi connectivity index (χ4v) is 2.70. The molecule has 0 aromatic heterocycles. The highest BCUT2D eigenvalue weighted by Gasteiger charge is 2.44. The molecule has 3 unspecified atom stereocenters. The first-order valence-electron chi connectivity index (χ1n) is 7.16. The molecule has 1 fully saturated rings. The molecule has 1 saturated carbocycles. The maximum atomic E-state index is 12.3. The number of amides is 1. The number of benzene rings is 2. The topological polar surface area (TPSA) is 29.1 Å². The summed E-state index contributed by atoms with van der Waals surface area (Å²) in [5, 5.41) is 3.12. The third kappa shape index (κ3) is 2.74. The molecule has 0 aliphatic heterocycles. The summed E-state index contributed by atoms with van der Waals surface area (Å²) < 4.78 is 0. The van der Waals surface area contributed by atoms with E-state index in [0.717, 1.165) is 12.0 Å². The molecule has 2 aromatic rings. The van der Waals surface area contributed by atoms with Crippen LogP contribution in [0.3, 0.4) is 0 Å². The number of rotatable bonds is 4. The van der Waals surface area contributed by atoms with E-state index in [4.69, 9.17) is 0 Å². The Morgan fingerprint density at radius 1 is 1.05 bits per heavy atom. The van der Waals surface area contributed by atoms with Crippen LogP contribution in [0.4, 0.5) is 0 Å². The third-order valence-corrected chi connectivity index (χ3v) is 4.01. The summed E-state index contributed by atoms with van der Waals surface area (Å²) in [5.74, 6) is 0.720. The van der Waals surface area contributed by atoms with Crippen LogP contribution in [0.5, 0.6) is 0 Å². The maximum Gasteiger partial charge on any atom is 0.224 e. The number of hydrogen-bond donors (Lipinski definition) is 1. The van der Waals surface area contributed by atoms with E-state index in [1.165, 1.54) is 5.56 Å². The second kappa shape index (κ2) is 5.49. The van der Waals surface area contributed by atoms with Crippen molar-refractivity contribution in [1.82, 2.24) is 5.32 Å². The van der Waals surface area contributed by atoms with Gasteiger partial charge in [-0.2, -0.15) is 0 Å².